The van der Waals surface area contributed by atoms with Crippen LogP contribution in [0.25, 0.3) is 11.1 Å². The minimum Gasteiger partial charge on any atom is -0.465 e. The second kappa shape index (κ2) is 6.63. The van der Waals surface area contributed by atoms with Gasteiger partial charge in [0.2, 0.25) is 0 Å². The standard InChI is InChI=1S/C20H20N2O5S/c1-28(26,27)15-4-2-3-12(7-15)13-5-6-16-17(8-13)19(23)21-9-14-10-22(20(24)25)11-18(14)16/h2-8,14,18H,9-11H2,1H3,(H,21,23)(H,24,25). The molecule has 1 saturated heterocycles. The van der Waals surface area contributed by atoms with Crippen molar-refractivity contribution in [2.75, 3.05) is 25.9 Å². The molecule has 0 radical (unpaired) electrons. The van der Waals surface area contributed by atoms with Gasteiger partial charge >= 0.3 is 6.09 Å². The van der Waals surface area contributed by atoms with Gasteiger partial charge in [0.25, 0.3) is 5.91 Å². The summed E-state index contributed by atoms with van der Waals surface area (Å²) in [6, 6.07) is 12.1. The predicted molar refractivity (Wildman–Crippen MR) is 103 cm³/mol. The van der Waals surface area contributed by atoms with Crippen LogP contribution in [0.2, 0.25) is 0 Å². The second-order valence-electron chi connectivity index (χ2n) is 7.37. The molecule has 0 saturated carbocycles. The van der Waals surface area contributed by atoms with Gasteiger partial charge in [0.15, 0.2) is 9.84 Å². The van der Waals surface area contributed by atoms with Crippen LogP contribution in [-0.4, -0.2) is 56.3 Å². The Balaban J connectivity index is 1.76. The van der Waals surface area contributed by atoms with Crippen molar-refractivity contribution in [3.8, 4) is 11.1 Å². The molecule has 0 spiro atoms. The number of amides is 2. The molecule has 2 aliphatic heterocycles. The lowest BCUT2D eigenvalue weighted by atomic mass is 9.86. The molecule has 2 aromatic rings. The van der Waals surface area contributed by atoms with E-state index in [0.29, 0.717) is 30.8 Å². The first kappa shape index (κ1) is 18.5. The van der Waals surface area contributed by atoms with Crippen molar-refractivity contribution in [1.29, 1.82) is 0 Å². The minimum absolute atomic E-state index is 0.0403. The molecule has 0 aromatic heterocycles. The number of carboxylic acid groups (broad SMARTS) is 1. The molecule has 0 bridgehead atoms. The SMILES string of the molecule is CS(=O)(=O)c1cccc(-c2ccc3c(c2)C(=O)NCC2CN(C(=O)O)CC32)c1. The van der Waals surface area contributed by atoms with Crippen LogP contribution in [0.5, 0.6) is 0 Å². The van der Waals surface area contributed by atoms with Gasteiger partial charge in [-0.25, -0.2) is 13.2 Å². The number of carbonyl (C=O) groups excluding carboxylic acids is 1. The Morgan fingerprint density at radius 1 is 1.14 bits per heavy atom. The number of carbonyl (C=O) groups is 2. The summed E-state index contributed by atoms with van der Waals surface area (Å²) in [4.78, 5) is 25.6. The fourth-order valence-electron chi connectivity index (χ4n) is 4.07. The van der Waals surface area contributed by atoms with Gasteiger partial charge in [-0.1, -0.05) is 24.3 Å². The summed E-state index contributed by atoms with van der Waals surface area (Å²) in [7, 11) is -3.33. The molecule has 2 N–H and O–H groups in total. The Morgan fingerprint density at radius 2 is 1.89 bits per heavy atom. The monoisotopic (exact) mass is 400 g/mol. The Kier molecular flexibility index (Phi) is 4.38. The van der Waals surface area contributed by atoms with Gasteiger partial charge in [-0.3, -0.25) is 4.79 Å². The molecule has 2 aromatic carbocycles. The highest BCUT2D eigenvalue weighted by atomic mass is 32.2. The zero-order chi connectivity index (χ0) is 20.1. The van der Waals surface area contributed by atoms with Crippen LogP contribution in [0, 0.1) is 5.92 Å². The van der Waals surface area contributed by atoms with Crippen molar-refractivity contribution in [2.24, 2.45) is 5.92 Å². The van der Waals surface area contributed by atoms with Crippen molar-refractivity contribution < 1.29 is 23.1 Å². The maximum atomic E-state index is 12.6. The van der Waals surface area contributed by atoms with Gasteiger partial charge in [-0.2, -0.15) is 0 Å². The van der Waals surface area contributed by atoms with Gasteiger partial charge in [-0.15, -0.1) is 0 Å². The zero-order valence-electron chi connectivity index (χ0n) is 15.3. The van der Waals surface area contributed by atoms with Crippen LogP contribution in [0.3, 0.4) is 0 Å². The van der Waals surface area contributed by atoms with Gasteiger partial charge in [0.05, 0.1) is 4.90 Å². The van der Waals surface area contributed by atoms with Gasteiger partial charge < -0.3 is 15.3 Å². The average molecular weight is 400 g/mol. The molecular formula is C20H20N2O5S. The Bertz CT molecular complexity index is 1080. The first-order valence-corrected chi connectivity index (χ1v) is 10.8. The number of benzene rings is 2. The Morgan fingerprint density at radius 3 is 2.61 bits per heavy atom. The molecule has 8 heteroatoms. The lowest BCUT2D eigenvalue weighted by Crippen LogP contribution is -2.31. The van der Waals surface area contributed by atoms with E-state index in [1.807, 2.05) is 12.1 Å². The van der Waals surface area contributed by atoms with Gasteiger partial charge in [0.1, 0.15) is 0 Å². The number of fused-ring (bicyclic) bond motifs is 3. The molecule has 4 rings (SSSR count). The molecule has 1 fully saturated rings. The Labute approximate surface area is 162 Å². The predicted octanol–water partition coefficient (Wildman–Crippen LogP) is 2.19. The molecule has 0 aliphatic carbocycles. The van der Waals surface area contributed by atoms with E-state index in [1.165, 1.54) is 4.90 Å². The van der Waals surface area contributed by atoms with E-state index < -0.39 is 15.9 Å². The quantitative estimate of drug-likeness (QED) is 0.804. The average Bonchev–Trinajstić information content (AvgIpc) is 3.04. The normalized spacial score (nSPS) is 21.5. The summed E-state index contributed by atoms with van der Waals surface area (Å²) in [6.45, 7) is 1.20. The third kappa shape index (κ3) is 3.24. The lowest BCUT2D eigenvalue weighted by molar-refractivity contribution is 0.0951. The summed E-state index contributed by atoms with van der Waals surface area (Å²) in [5, 5.41) is 12.2. The Hall–Kier alpha value is -2.87. The smallest absolute Gasteiger partial charge is 0.407 e. The van der Waals surface area contributed by atoms with Crippen molar-refractivity contribution in [2.45, 2.75) is 10.8 Å². The van der Waals surface area contributed by atoms with E-state index in [-0.39, 0.29) is 22.6 Å². The first-order chi connectivity index (χ1) is 13.2. The maximum Gasteiger partial charge on any atom is 0.407 e. The van der Waals surface area contributed by atoms with E-state index in [9.17, 15) is 23.1 Å². The topological polar surface area (TPSA) is 104 Å². The third-order valence-corrected chi connectivity index (χ3v) is 6.64. The summed E-state index contributed by atoms with van der Waals surface area (Å²) >= 11 is 0. The van der Waals surface area contributed by atoms with E-state index in [0.717, 1.165) is 17.4 Å². The van der Waals surface area contributed by atoms with Crippen LogP contribution in [0.4, 0.5) is 4.79 Å². The fourth-order valence-corrected chi connectivity index (χ4v) is 4.73. The summed E-state index contributed by atoms with van der Waals surface area (Å²) in [5.74, 6) is -0.186. The highest BCUT2D eigenvalue weighted by Gasteiger charge is 2.39. The molecule has 2 unspecified atom stereocenters. The van der Waals surface area contributed by atoms with Crippen LogP contribution in [0.15, 0.2) is 47.4 Å². The summed E-state index contributed by atoms with van der Waals surface area (Å²) < 4.78 is 23.7. The van der Waals surface area contributed by atoms with E-state index in [2.05, 4.69) is 5.32 Å². The van der Waals surface area contributed by atoms with Crippen LogP contribution >= 0.6 is 0 Å². The molecule has 2 amide bonds. The molecule has 2 atom stereocenters. The lowest BCUT2D eigenvalue weighted by Gasteiger charge is -2.17. The van der Waals surface area contributed by atoms with Crippen LogP contribution in [0.1, 0.15) is 21.8 Å². The third-order valence-electron chi connectivity index (χ3n) is 5.53. The van der Waals surface area contributed by atoms with Gasteiger partial charge in [-0.05, 0) is 34.9 Å². The number of sulfone groups is 1. The highest BCUT2D eigenvalue weighted by Crippen LogP contribution is 2.37. The number of nitrogens with zero attached hydrogens (tertiary/aromatic N) is 1. The largest absolute Gasteiger partial charge is 0.465 e. The van der Waals surface area contributed by atoms with Crippen molar-refractivity contribution in [1.82, 2.24) is 10.2 Å². The maximum absolute atomic E-state index is 12.6. The van der Waals surface area contributed by atoms with Crippen LogP contribution in [-0.2, 0) is 9.84 Å². The van der Waals surface area contributed by atoms with Crippen molar-refractivity contribution in [3.63, 3.8) is 0 Å². The number of rotatable bonds is 2. The zero-order valence-corrected chi connectivity index (χ0v) is 16.1. The first-order valence-electron chi connectivity index (χ1n) is 8.94. The van der Waals surface area contributed by atoms with Crippen molar-refractivity contribution in [3.05, 3.63) is 53.6 Å². The number of nitrogens with one attached hydrogen (secondary N) is 1. The number of hydrogen-bond donors (Lipinski definition) is 2. The molecule has 2 aliphatic rings. The van der Waals surface area contributed by atoms with E-state index in [1.54, 1.807) is 30.3 Å². The second-order valence-corrected chi connectivity index (χ2v) is 9.38. The van der Waals surface area contributed by atoms with E-state index in [4.69, 9.17) is 0 Å². The molecule has 146 valence electrons. The summed E-state index contributed by atoms with van der Waals surface area (Å²) in [6.07, 6.45) is 0.209. The molecule has 7 nitrogen and oxygen atoms in total. The van der Waals surface area contributed by atoms with Gasteiger partial charge in [0, 0.05) is 43.3 Å². The summed E-state index contributed by atoms with van der Waals surface area (Å²) in [5.41, 5.74) is 2.80. The molecule has 28 heavy (non-hydrogen) atoms. The number of likely N-dealkylation sites (tertiary alicyclic amines) is 1. The minimum atomic E-state index is -3.33. The molecule has 2 heterocycles. The molecular weight excluding hydrogens is 380 g/mol. The van der Waals surface area contributed by atoms with Crippen LogP contribution < -0.4 is 5.32 Å². The van der Waals surface area contributed by atoms with E-state index >= 15 is 0 Å². The van der Waals surface area contributed by atoms with Crippen molar-refractivity contribution >= 4 is 21.8 Å². The fraction of sp³-hybridized carbons (Fsp3) is 0.300. The number of hydrogen-bond acceptors (Lipinski definition) is 4. The highest BCUT2D eigenvalue weighted by molar-refractivity contribution is 7.90.